The average Bonchev–Trinajstić information content (AvgIpc) is 3.41. The minimum atomic E-state index is 0.0183. The second-order valence-corrected chi connectivity index (χ2v) is 7.58. The third-order valence-corrected chi connectivity index (χ3v) is 6.06. The number of aromatic nitrogens is 1. The Balaban J connectivity index is 1.30. The molecule has 25 heavy (non-hydrogen) atoms. The van der Waals surface area contributed by atoms with Crippen molar-refractivity contribution in [1.29, 1.82) is 0 Å². The van der Waals surface area contributed by atoms with Crippen LogP contribution in [0.5, 0.6) is 0 Å². The summed E-state index contributed by atoms with van der Waals surface area (Å²) in [7, 11) is 0. The summed E-state index contributed by atoms with van der Waals surface area (Å²) in [6, 6.07) is 0. The van der Waals surface area contributed by atoms with Crippen molar-refractivity contribution in [1.82, 2.24) is 26.1 Å². The molecule has 0 bridgehead atoms. The highest BCUT2D eigenvalue weighted by atomic mass is 32.1. The molecule has 132 valence electrons. The highest BCUT2D eigenvalue weighted by Crippen LogP contribution is 2.36. The molecule has 0 radical (unpaired) electrons. The first-order chi connectivity index (χ1) is 12.4. The minimum Gasteiger partial charge on any atom is -0.367 e. The maximum atomic E-state index is 6.01. The lowest BCUT2D eigenvalue weighted by atomic mass is 10.1. The van der Waals surface area contributed by atoms with Gasteiger partial charge in [-0.25, -0.2) is 10.5 Å². The summed E-state index contributed by atoms with van der Waals surface area (Å²) in [6.07, 6.45) is 9.19. The van der Waals surface area contributed by atoms with E-state index in [1.54, 1.807) is 16.5 Å². The number of thiazole rings is 1. The summed E-state index contributed by atoms with van der Waals surface area (Å²) >= 11 is 1.73. The van der Waals surface area contributed by atoms with Crippen LogP contribution in [-0.4, -0.2) is 46.4 Å². The van der Waals surface area contributed by atoms with Crippen LogP contribution in [0.25, 0.3) is 0 Å². The van der Waals surface area contributed by atoms with Gasteiger partial charge in [0.25, 0.3) is 0 Å². The van der Waals surface area contributed by atoms with Crippen LogP contribution >= 0.6 is 11.3 Å². The predicted octanol–water partition coefficient (Wildman–Crippen LogP) is 1.70. The van der Waals surface area contributed by atoms with Gasteiger partial charge < -0.3 is 9.64 Å². The molecule has 1 aromatic heterocycles. The lowest BCUT2D eigenvalue weighted by Crippen LogP contribution is -2.46. The van der Waals surface area contributed by atoms with Gasteiger partial charge in [0.1, 0.15) is 11.1 Å². The molecule has 0 spiro atoms. The Morgan fingerprint density at radius 2 is 2.08 bits per heavy atom. The molecule has 1 saturated carbocycles. The molecule has 9 heteroatoms. The fourth-order valence-corrected chi connectivity index (χ4v) is 4.68. The van der Waals surface area contributed by atoms with E-state index in [1.807, 2.05) is 12.2 Å². The molecular weight excluding hydrogens is 338 g/mol. The van der Waals surface area contributed by atoms with E-state index < -0.39 is 0 Å². The van der Waals surface area contributed by atoms with Crippen LogP contribution in [0.2, 0.25) is 0 Å². The minimum absolute atomic E-state index is 0.0183. The summed E-state index contributed by atoms with van der Waals surface area (Å²) in [5.41, 5.74) is 6.85. The van der Waals surface area contributed by atoms with E-state index in [9.17, 15) is 0 Å². The number of amidine groups is 2. The molecule has 4 aliphatic rings. The van der Waals surface area contributed by atoms with Gasteiger partial charge in [-0.05, 0) is 25.0 Å². The lowest BCUT2D eigenvalue weighted by molar-refractivity contribution is -0.00730. The second kappa shape index (κ2) is 6.40. The van der Waals surface area contributed by atoms with Crippen molar-refractivity contribution in [3.8, 4) is 0 Å². The Kier molecular flexibility index (Phi) is 3.91. The van der Waals surface area contributed by atoms with Crippen molar-refractivity contribution >= 4 is 23.0 Å². The van der Waals surface area contributed by atoms with Crippen molar-refractivity contribution in [2.24, 2.45) is 10.2 Å². The Bertz CT molecular complexity index is 737. The van der Waals surface area contributed by atoms with E-state index in [4.69, 9.17) is 9.72 Å². The molecule has 4 heterocycles. The maximum Gasteiger partial charge on any atom is 0.189 e. The first kappa shape index (κ1) is 15.3. The normalized spacial score (nSPS) is 26.5. The highest BCUT2D eigenvalue weighted by Gasteiger charge is 2.29. The SMILES string of the molecule is C1=CC2=NNNN2N=C1N1CCOC(c2nc(C3CCCC3)cs2)C1. The third-order valence-electron chi connectivity index (χ3n) is 5.11. The van der Waals surface area contributed by atoms with Crippen LogP contribution in [0.1, 0.15) is 48.4 Å². The van der Waals surface area contributed by atoms with Crippen molar-refractivity contribution < 1.29 is 4.74 Å². The summed E-state index contributed by atoms with van der Waals surface area (Å²) in [4.78, 5) is 7.15. The van der Waals surface area contributed by atoms with Crippen LogP contribution in [0, 0.1) is 0 Å². The smallest absolute Gasteiger partial charge is 0.189 e. The first-order valence-electron chi connectivity index (χ1n) is 8.84. The van der Waals surface area contributed by atoms with Gasteiger partial charge in [0.15, 0.2) is 11.7 Å². The highest BCUT2D eigenvalue weighted by molar-refractivity contribution is 7.09. The topological polar surface area (TPSA) is 77.4 Å². The van der Waals surface area contributed by atoms with E-state index in [0.717, 1.165) is 29.8 Å². The van der Waals surface area contributed by atoms with Gasteiger partial charge in [0.2, 0.25) is 0 Å². The molecule has 1 unspecified atom stereocenters. The number of fused-ring (bicyclic) bond motifs is 1. The van der Waals surface area contributed by atoms with Crippen molar-refractivity contribution in [3.05, 3.63) is 28.2 Å². The molecule has 2 fully saturated rings. The third kappa shape index (κ3) is 2.92. The number of morpholine rings is 1. The van der Waals surface area contributed by atoms with Crippen molar-refractivity contribution in [2.75, 3.05) is 19.7 Å². The molecule has 0 amide bonds. The van der Waals surface area contributed by atoms with Gasteiger partial charge in [-0.15, -0.1) is 27.1 Å². The van der Waals surface area contributed by atoms with Gasteiger partial charge in [-0.1, -0.05) is 12.8 Å². The zero-order chi connectivity index (χ0) is 16.6. The predicted molar refractivity (Wildman–Crippen MR) is 95.7 cm³/mol. The van der Waals surface area contributed by atoms with E-state index in [2.05, 4.69) is 31.6 Å². The quantitative estimate of drug-likeness (QED) is 0.837. The van der Waals surface area contributed by atoms with Crippen LogP contribution in [-0.2, 0) is 4.74 Å². The van der Waals surface area contributed by atoms with Gasteiger partial charge in [0, 0.05) is 17.8 Å². The number of rotatable bonds is 2. The standard InChI is InChI=1S/C16H21N7OS/c1-2-4-11(3-1)12-10-25-16(17-12)13-9-22(7-8-24-13)15-6-5-14-18-20-21-23(14)19-15/h5-6,10-11,13,20-21H,1-4,7-9H2. The number of hydrazine groups is 2. The number of hydrogen-bond acceptors (Lipinski definition) is 9. The number of hydrazone groups is 2. The summed E-state index contributed by atoms with van der Waals surface area (Å²) < 4.78 is 6.01. The van der Waals surface area contributed by atoms with Crippen LogP contribution in [0.15, 0.2) is 27.7 Å². The largest absolute Gasteiger partial charge is 0.367 e. The van der Waals surface area contributed by atoms with Crippen molar-refractivity contribution in [2.45, 2.75) is 37.7 Å². The molecule has 1 atom stereocenters. The molecule has 5 rings (SSSR count). The molecular formula is C16H21N7OS. The van der Waals surface area contributed by atoms with Gasteiger partial charge >= 0.3 is 0 Å². The van der Waals surface area contributed by atoms with Crippen LogP contribution in [0.4, 0.5) is 0 Å². The van der Waals surface area contributed by atoms with Crippen LogP contribution in [0.3, 0.4) is 0 Å². The number of nitrogens with one attached hydrogen (secondary N) is 2. The van der Waals surface area contributed by atoms with Crippen LogP contribution < -0.4 is 11.1 Å². The Hall–Kier alpha value is -1.97. The summed E-state index contributed by atoms with van der Waals surface area (Å²) in [5.74, 6) is 2.33. The Morgan fingerprint density at radius 1 is 1.20 bits per heavy atom. The zero-order valence-corrected chi connectivity index (χ0v) is 14.7. The van der Waals surface area contributed by atoms with E-state index in [-0.39, 0.29) is 6.10 Å². The number of hydrogen-bond donors (Lipinski definition) is 2. The van der Waals surface area contributed by atoms with Crippen molar-refractivity contribution in [3.63, 3.8) is 0 Å². The molecule has 3 aliphatic heterocycles. The van der Waals surface area contributed by atoms with E-state index in [1.165, 1.54) is 31.4 Å². The molecule has 0 aromatic carbocycles. The van der Waals surface area contributed by atoms with Gasteiger partial charge in [-0.3, -0.25) is 0 Å². The molecule has 1 saturated heterocycles. The Labute approximate surface area is 150 Å². The molecule has 1 aliphatic carbocycles. The fourth-order valence-electron chi connectivity index (χ4n) is 3.74. The number of ether oxygens (including phenoxy) is 1. The molecule has 2 N–H and O–H groups in total. The fraction of sp³-hybridized carbons (Fsp3) is 0.562. The molecule has 8 nitrogen and oxygen atoms in total. The number of nitrogens with zero attached hydrogens (tertiary/aromatic N) is 5. The summed E-state index contributed by atoms with van der Waals surface area (Å²) in [6.45, 7) is 2.28. The Morgan fingerprint density at radius 3 is 3.00 bits per heavy atom. The average molecular weight is 359 g/mol. The van der Waals surface area contributed by atoms with Gasteiger partial charge in [0.05, 0.1) is 18.8 Å². The second-order valence-electron chi connectivity index (χ2n) is 6.69. The lowest BCUT2D eigenvalue weighted by Gasteiger charge is -2.34. The van der Waals surface area contributed by atoms with E-state index in [0.29, 0.717) is 12.5 Å². The summed E-state index contributed by atoms with van der Waals surface area (Å²) in [5, 5.41) is 13.6. The first-order valence-corrected chi connectivity index (χ1v) is 9.72. The van der Waals surface area contributed by atoms with Gasteiger partial charge in [-0.2, -0.15) is 5.12 Å². The van der Waals surface area contributed by atoms with E-state index >= 15 is 0 Å². The molecule has 1 aromatic rings. The zero-order valence-electron chi connectivity index (χ0n) is 13.9. The maximum absolute atomic E-state index is 6.01. The monoisotopic (exact) mass is 359 g/mol.